The summed E-state index contributed by atoms with van der Waals surface area (Å²) in [6.45, 7) is 0.887. The maximum atomic E-state index is 6.10. The smallest absolute Gasteiger partial charge is 0.0762 e. The number of hydrogen-bond donors (Lipinski definition) is 1. The summed E-state index contributed by atoms with van der Waals surface area (Å²) in [6.07, 6.45) is 14.1. The van der Waals surface area contributed by atoms with E-state index in [0.717, 1.165) is 12.4 Å². The second-order valence-corrected chi connectivity index (χ2v) is 7.07. The van der Waals surface area contributed by atoms with Crippen LogP contribution in [0.15, 0.2) is 12.3 Å². The van der Waals surface area contributed by atoms with Crippen molar-refractivity contribution in [3.05, 3.63) is 18.0 Å². The predicted octanol–water partition coefficient (Wildman–Crippen LogP) is 4.28. The zero-order valence-corrected chi connectivity index (χ0v) is 13.7. The zero-order valence-electron chi connectivity index (χ0n) is 12.9. The minimum absolute atomic E-state index is 0.580. The van der Waals surface area contributed by atoms with E-state index in [1.165, 1.54) is 63.5 Å². The average Bonchev–Trinajstić information content (AvgIpc) is 3.03. The lowest BCUT2D eigenvalue weighted by Gasteiger charge is -2.30. The Labute approximate surface area is 133 Å². The van der Waals surface area contributed by atoms with Crippen molar-refractivity contribution in [2.24, 2.45) is 5.92 Å². The Morgan fingerprint density at radius 1 is 1.10 bits per heavy atom. The third-order valence-corrected chi connectivity index (χ3v) is 5.66. The van der Waals surface area contributed by atoms with Gasteiger partial charge in [0.15, 0.2) is 0 Å². The molecule has 2 saturated carbocycles. The molecule has 2 aliphatic rings. The SMILES string of the molecule is ClCC1CCCCC1NCc1ccn(C2CCCCC2)n1. The normalized spacial score (nSPS) is 27.9. The van der Waals surface area contributed by atoms with Gasteiger partial charge < -0.3 is 5.32 Å². The number of alkyl halides is 1. The third-order valence-electron chi connectivity index (χ3n) is 5.27. The van der Waals surface area contributed by atoms with Crippen LogP contribution in [0.3, 0.4) is 0 Å². The van der Waals surface area contributed by atoms with Crippen molar-refractivity contribution in [3.8, 4) is 0 Å². The Morgan fingerprint density at radius 3 is 2.67 bits per heavy atom. The van der Waals surface area contributed by atoms with E-state index >= 15 is 0 Å². The molecule has 2 unspecified atom stereocenters. The van der Waals surface area contributed by atoms with Crippen molar-refractivity contribution in [2.45, 2.75) is 76.4 Å². The van der Waals surface area contributed by atoms with Crippen molar-refractivity contribution in [1.29, 1.82) is 0 Å². The third kappa shape index (κ3) is 4.01. The molecule has 0 aromatic carbocycles. The van der Waals surface area contributed by atoms with Crippen LogP contribution in [0.4, 0.5) is 0 Å². The van der Waals surface area contributed by atoms with Gasteiger partial charge in [-0.1, -0.05) is 32.1 Å². The highest BCUT2D eigenvalue weighted by molar-refractivity contribution is 6.18. The van der Waals surface area contributed by atoms with Crippen LogP contribution in [0.5, 0.6) is 0 Å². The minimum atomic E-state index is 0.580. The Kier molecular flexibility index (Phi) is 5.59. The zero-order chi connectivity index (χ0) is 14.5. The minimum Gasteiger partial charge on any atom is -0.308 e. The molecule has 2 fully saturated rings. The van der Waals surface area contributed by atoms with Crippen LogP contribution in [0.1, 0.15) is 69.5 Å². The van der Waals surface area contributed by atoms with Crippen LogP contribution < -0.4 is 5.32 Å². The molecule has 2 atom stereocenters. The van der Waals surface area contributed by atoms with Crippen LogP contribution in [-0.4, -0.2) is 21.7 Å². The predicted molar refractivity (Wildman–Crippen MR) is 87.7 cm³/mol. The van der Waals surface area contributed by atoms with Gasteiger partial charge in [0.1, 0.15) is 0 Å². The molecule has 3 nitrogen and oxygen atoms in total. The fraction of sp³-hybridized carbons (Fsp3) is 0.824. The van der Waals surface area contributed by atoms with Gasteiger partial charge in [-0.2, -0.15) is 5.10 Å². The highest BCUT2D eigenvalue weighted by atomic mass is 35.5. The standard InChI is InChI=1S/C17H28ClN3/c18-12-14-6-4-5-9-17(14)19-13-15-10-11-21(20-15)16-7-2-1-3-8-16/h10-11,14,16-17,19H,1-9,12-13H2. The molecule has 0 spiro atoms. The molecule has 0 radical (unpaired) electrons. The Balaban J connectivity index is 1.52. The number of aromatic nitrogens is 2. The summed E-state index contributed by atoms with van der Waals surface area (Å²) in [6, 6.07) is 3.40. The highest BCUT2D eigenvalue weighted by Gasteiger charge is 2.24. The van der Waals surface area contributed by atoms with E-state index in [0.29, 0.717) is 18.0 Å². The fourth-order valence-electron chi connectivity index (χ4n) is 3.92. The Morgan fingerprint density at radius 2 is 1.86 bits per heavy atom. The molecular formula is C17H28ClN3. The molecular weight excluding hydrogens is 282 g/mol. The number of nitrogens with zero attached hydrogens (tertiary/aromatic N) is 2. The first-order chi connectivity index (χ1) is 10.4. The molecule has 1 heterocycles. The van der Waals surface area contributed by atoms with Crippen molar-refractivity contribution in [2.75, 3.05) is 5.88 Å². The van der Waals surface area contributed by atoms with Gasteiger partial charge in [-0.05, 0) is 37.7 Å². The van der Waals surface area contributed by atoms with Gasteiger partial charge in [-0.25, -0.2) is 0 Å². The molecule has 0 bridgehead atoms. The van der Waals surface area contributed by atoms with E-state index < -0.39 is 0 Å². The summed E-state index contributed by atoms with van der Waals surface area (Å²) in [7, 11) is 0. The van der Waals surface area contributed by atoms with Crippen LogP contribution in [0.2, 0.25) is 0 Å². The molecule has 1 N–H and O–H groups in total. The van der Waals surface area contributed by atoms with E-state index in [2.05, 4.69) is 22.3 Å². The van der Waals surface area contributed by atoms with Crippen molar-refractivity contribution < 1.29 is 0 Å². The Bertz CT molecular complexity index is 425. The van der Waals surface area contributed by atoms with E-state index in [1.54, 1.807) is 0 Å². The highest BCUT2D eigenvalue weighted by Crippen LogP contribution is 2.28. The van der Waals surface area contributed by atoms with Crippen LogP contribution in [0.25, 0.3) is 0 Å². The molecule has 2 aliphatic carbocycles. The summed E-state index contributed by atoms with van der Waals surface area (Å²) >= 11 is 6.10. The lowest BCUT2D eigenvalue weighted by Crippen LogP contribution is -2.39. The van der Waals surface area contributed by atoms with Gasteiger partial charge in [0.2, 0.25) is 0 Å². The number of nitrogens with one attached hydrogen (secondary N) is 1. The topological polar surface area (TPSA) is 29.9 Å². The first-order valence-corrected chi connectivity index (χ1v) is 9.23. The second-order valence-electron chi connectivity index (χ2n) is 6.77. The van der Waals surface area contributed by atoms with Crippen LogP contribution >= 0.6 is 11.6 Å². The quantitative estimate of drug-likeness (QED) is 0.823. The van der Waals surface area contributed by atoms with Gasteiger partial charge in [-0.15, -0.1) is 11.6 Å². The summed E-state index contributed by atoms with van der Waals surface area (Å²) in [5.74, 6) is 1.43. The molecule has 3 rings (SSSR count). The molecule has 118 valence electrons. The maximum Gasteiger partial charge on any atom is 0.0762 e. The molecule has 21 heavy (non-hydrogen) atoms. The van der Waals surface area contributed by atoms with Gasteiger partial charge in [0.25, 0.3) is 0 Å². The van der Waals surface area contributed by atoms with Gasteiger partial charge in [0, 0.05) is 24.7 Å². The number of rotatable bonds is 5. The second kappa shape index (κ2) is 7.64. The van der Waals surface area contributed by atoms with Crippen LogP contribution in [-0.2, 0) is 6.54 Å². The van der Waals surface area contributed by atoms with E-state index in [9.17, 15) is 0 Å². The van der Waals surface area contributed by atoms with Gasteiger partial charge in [-0.3, -0.25) is 4.68 Å². The fourth-order valence-corrected chi connectivity index (χ4v) is 4.29. The van der Waals surface area contributed by atoms with E-state index in [-0.39, 0.29) is 0 Å². The molecule has 0 saturated heterocycles. The molecule has 4 heteroatoms. The van der Waals surface area contributed by atoms with Gasteiger partial charge in [0.05, 0.1) is 11.7 Å². The molecule has 0 amide bonds. The summed E-state index contributed by atoms with van der Waals surface area (Å²) in [5, 5.41) is 8.49. The summed E-state index contributed by atoms with van der Waals surface area (Å²) in [5.41, 5.74) is 1.18. The summed E-state index contributed by atoms with van der Waals surface area (Å²) in [4.78, 5) is 0. The average molecular weight is 310 g/mol. The van der Waals surface area contributed by atoms with Gasteiger partial charge >= 0.3 is 0 Å². The first-order valence-electron chi connectivity index (χ1n) is 8.70. The van der Waals surface area contributed by atoms with Crippen molar-refractivity contribution >= 4 is 11.6 Å². The first kappa shape index (κ1) is 15.4. The lowest BCUT2D eigenvalue weighted by atomic mass is 9.86. The lowest BCUT2D eigenvalue weighted by molar-refractivity contribution is 0.280. The number of halogens is 1. The molecule has 1 aromatic rings. The van der Waals surface area contributed by atoms with E-state index in [1.807, 2.05) is 0 Å². The van der Waals surface area contributed by atoms with Crippen molar-refractivity contribution in [3.63, 3.8) is 0 Å². The molecule has 1 aromatic heterocycles. The summed E-state index contributed by atoms with van der Waals surface area (Å²) < 4.78 is 2.20. The Hall–Kier alpha value is -0.540. The largest absolute Gasteiger partial charge is 0.308 e. The van der Waals surface area contributed by atoms with E-state index in [4.69, 9.17) is 16.7 Å². The monoisotopic (exact) mass is 309 g/mol. The van der Waals surface area contributed by atoms with Crippen molar-refractivity contribution in [1.82, 2.24) is 15.1 Å². The molecule has 0 aliphatic heterocycles. The number of hydrogen-bond acceptors (Lipinski definition) is 2. The maximum absolute atomic E-state index is 6.10. The van der Waals surface area contributed by atoms with Crippen LogP contribution in [0, 0.1) is 5.92 Å².